The molecule has 0 aliphatic rings. The molecule has 0 saturated heterocycles. The summed E-state index contributed by atoms with van der Waals surface area (Å²) in [5.74, 6) is 0.160. The van der Waals surface area contributed by atoms with Crippen molar-refractivity contribution in [1.29, 1.82) is 0 Å². The van der Waals surface area contributed by atoms with E-state index < -0.39 is 5.60 Å². The summed E-state index contributed by atoms with van der Waals surface area (Å²) in [6.45, 7) is 9.70. The van der Waals surface area contributed by atoms with Gasteiger partial charge in [-0.15, -0.1) is 0 Å². The van der Waals surface area contributed by atoms with E-state index in [4.69, 9.17) is 10.5 Å². The average molecular weight is 201 g/mol. The van der Waals surface area contributed by atoms with Crippen LogP contribution in [-0.4, -0.2) is 17.6 Å². The van der Waals surface area contributed by atoms with Crippen molar-refractivity contribution >= 4 is 5.97 Å². The zero-order valence-corrected chi connectivity index (χ0v) is 9.96. The fraction of sp³-hybridized carbons (Fsp3) is 0.909. The molecule has 0 radical (unpaired) electrons. The van der Waals surface area contributed by atoms with Gasteiger partial charge < -0.3 is 10.5 Å². The first kappa shape index (κ1) is 13.4. The summed E-state index contributed by atoms with van der Waals surface area (Å²) in [6, 6.07) is -0.0881. The highest BCUT2D eigenvalue weighted by atomic mass is 16.6. The lowest BCUT2D eigenvalue weighted by Gasteiger charge is -2.22. The van der Waals surface area contributed by atoms with Gasteiger partial charge in [-0.3, -0.25) is 4.79 Å². The monoisotopic (exact) mass is 201 g/mol. The Labute approximate surface area is 87.0 Å². The lowest BCUT2D eigenvalue weighted by atomic mass is 9.97. The Morgan fingerprint density at radius 3 is 2.29 bits per heavy atom. The summed E-state index contributed by atoms with van der Waals surface area (Å²) in [5.41, 5.74) is 5.44. The first-order valence-electron chi connectivity index (χ1n) is 5.23. The second kappa shape index (κ2) is 5.35. The highest BCUT2D eigenvalue weighted by molar-refractivity contribution is 5.70. The molecule has 0 heterocycles. The summed E-state index contributed by atoms with van der Waals surface area (Å²) in [6.07, 6.45) is 1.30. The van der Waals surface area contributed by atoms with Crippen LogP contribution in [0.4, 0.5) is 0 Å². The molecule has 0 aromatic heterocycles. The fourth-order valence-corrected chi connectivity index (χ4v) is 1.08. The number of ether oxygens (including phenoxy) is 1. The van der Waals surface area contributed by atoms with Crippen LogP contribution in [0.2, 0.25) is 0 Å². The third-order valence-electron chi connectivity index (χ3n) is 2.20. The smallest absolute Gasteiger partial charge is 0.307 e. The van der Waals surface area contributed by atoms with Gasteiger partial charge in [0.2, 0.25) is 0 Å². The van der Waals surface area contributed by atoms with E-state index in [1.165, 1.54) is 0 Å². The van der Waals surface area contributed by atoms with Crippen molar-refractivity contribution < 1.29 is 9.53 Å². The molecule has 0 aromatic carbocycles. The van der Waals surface area contributed by atoms with Gasteiger partial charge in [0.25, 0.3) is 0 Å². The van der Waals surface area contributed by atoms with Crippen LogP contribution >= 0.6 is 0 Å². The van der Waals surface area contributed by atoms with Gasteiger partial charge in [0.05, 0.1) is 6.42 Å². The Balaban J connectivity index is 3.95. The molecule has 2 N–H and O–H groups in total. The van der Waals surface area contributed by atoms with Crippen molar-refractivity contribution in [2.75, 3.05) is 0 Å². The molecule has 0 spiro atoms. The molecule has 3 nitrogen and oxygen atoms in total. The first-order chi connectivity index (χ1) is 6.26. The molecule has 0 bridgehead atoms. The van der Waals surface area contributed by atoms with Gasteiger partial charge in [-0.2, -0.15) is 0 Å². The molecule has 0 aliphatic carbocycles. The van der Waals surface area contributed by atoms with Crippen LogP contribution in [0.3, 0.4) is 0 Å². The van der Waals surface area contributed by atoms with E-state index in [1.807, 2.05) is 20.8 Å². The van der Waals surface area contributed by atoms with Crippen molar-refractivity contribution in [3.05, 3.63) is 0 Å². The molecule has 0 rings (SSSR count). The minimum absolute atomic E-state index is 0.0881. The maximum atomic E-state index is 11.4. The molecule has 0 unspecified atom stereocenters. The summed E-state index contributed by atoms with van der Waals surface area (Å²) >= 11 is 0. The molecule has 0 fully saturated rings. The Bertz CT molecular complexity index is 184. The summed E-state index contributed by atoms with van der Waals surface area (Å²) in [7, 11) is 0. The molecule has 0 saturated carbocycles. The second-order valence-electron chi connectivity index (χ2n) is 4.84. The van der Waals surface area contributed by atoms with Gasteiger partial charge in [0, 0.05) is 6.04 Å². The number of carbonyl (C=O) groups is 1. The topological polar surface area (TPSA) is 52.3 Å². The number of hydrogen-bond donors (Lipinski definition) is 1. The van der Waals surface area contributed by atoms with Gasteiger partial charge in [-0.05, 0) is 26.7 Å². The third-order valence-corrected chi connectivity index (χ3v) is 2.20. The Hall–Kier alpha value is -0.570. The summed E-state index contributed by atoms with van der Waals surface area (Å²) < 4.78 is 5.18. The van der Waals surface area contributed by atoms with E-state index in [9.17, 15) is 4.79 Å². The van der Waals surface area contributed by atoms with Crippen LogP contribution in [-0.2, 0) is 9.53 Å². The van der Waals surface area contributed by atoms with Crippen molar-refractivity contribution in [2.45, 2.75) is 59.1 Å². The van der Waals surface area contributed by atoms with E-state index >= 15 is 0 Å². The molecular formula is C11H23NO2. The maximum absolute atomic E-state index is 11.4. The van der Waals surface area contributed by atoms with Gasteiger partial charge >= 0.3 is 5.97 Å². The number of rotatable bonds is 4. The van der Waals surface area contributed by atoms with E-state index in [0.29, 0.717) is 12.3 Å². The molecule has 0 aliphatic heterocycles. The summed E-state index contributed by atoms with van der Waals surface area (Å²) in [5, 5.41) is 0. The quantitative estimate of drug-likeness (QED) is 0.709. The van der Waals surface area contributed by atoms with E-state index in [-0.39, 0.29) is 12.0 Å². The normalized spacial score (nSPS) is 16.1. The predicted molar refractivity (Wildman–Crippen MR) is 57.9 cm³/mol. The molecule has 2 atom stereocenters. The van der Waals surface area contributed by atoms with Crippen LogP contribution in [0.1, 0.15) is 47.5 Å². The number of hydrogen-bond acceptors (Lipinski definition) is 3. The molecular weight excluding hydrogens is 178 g/mol. The molecule has 84 valence electrons. The predicted octanol–water partition coefficient (Wildman–Crippen LogP) is 2.09. The third kappa shape index (κ3) is 5.97. The van der Waals surface area contributed by atoms with Crippen molar-refractivity contribution in [1.82, 2.24) is 0 Å². The van der Waals surface area contributed by atoms with Gasteiger partial charge in [0.15, 0.2) is 0 Å². The van der Waals surface area contributed by atoms with Gasteiger partial charge in [-0.25, -0.2) is 0 Å². The Kier molecular flexibility index (Phi) is 5.13. The summed E-state index contributed by atoms with van der Waals surface area (Å²) in [4.78, 5) is 11.4. The standard InChI is InChI=1S/C11H23NO2/c1-6-8(2)9(12)7-10(13)14-11(3,4)5/h8-9H,6-7,12H2,1-5H3/t8-,9+/m0/s1. The maximum Gasteiger partial charge on any atom is 0.307 e. The van der Waals surface area contributed by atoms with E-state index in [0.717, 1.165) is 6.42 Å². The molecule has 14 heavy (non-hydrogen) atoms. The van der Waals surface area contributed by atoms with Gasteiger partial charge in [0.1, 0.15) is 5.60 Å². The van der Waals surface area contributed by atoms with Crippen LogP contribution in [0.5, 0.6) is 0 Å². The van der Waals surface area contributed by atoms with Crippen molar-refractivity contribution in [3.8, 4) is 0 Å². The zero-order valence-electron chi connectivity index (χ0n) is 9.96. The lowest BCUT2D eigenvalue weighted by molar-refractivity contribution is -0.155. The van der Waals surface area contributed by atoms with Crippen LogP contribution < -0.4 is 5.73 Å². The average Bonchev–Trinajstić information content (AvgIpc) is 1.99. The molecule has 0 aromatic rings. The molecule has 0 amide bonds. The highest BCUT2D eigenvalue weighted by Crippen LogP contribution is 2.13. The number of esters is 1. The van der Waals surface area contributed by atoms with Crippen molar-refractivity contribution in [3.63, 3.8) is 0 Å². The Morgan fingerprint density at radius 2 is 1.93 bits per heavy atom. The van der Waals surface area contributed by atoms with E-state index in [2.05, 4.69) is 13.8 Å². The van der Waals surface area contributed by atoms with E-state index in [1.54, 1.807) is 0 Å². The molecule has 3 heteroatoms. The van der Waals surface area contributed by atoms with Crippen LogP contribution in [0, 0.1) is 5.92 Å². The Morgan fingerprint density at radius 1 is 1.43 bits per heavy atom. The minimum atomic E-state index is -0.410. The second-order valence-corrected chi connectivity index (χ2v) is 4.84. The first-order valence-corrected chi connectivity index (χ1v) is 5.23. The highest BCUT2D eigenvalue weighted by Gasteiger charge is 2.20. The van der Waals surface area contributed by atoms with Crippen LogP contribution in [0.25, 0.3) is 0 Å². The van der Waals surface area contributed by atoms with Gasteiger partial charge in [-0.1, -0.05) is 20.3 Å². The number of nitrogens with two attached hydrogens (primary N) is 1. The fourth-order valence-electron chi connectivity index (χ4n) is 1.08. The number of carbonyl (C=O) groups excluding carboxylic acids is 1. The SMILES string of the molecule is CC[C@H](C)[C@H](N)CC(=O)OC(C)(C)C. The largest absolute Gasteiger partial charge is 0.460 e. The minimum Gasteiger partial charge on any atom is -0.460 e. The zero-order chi connectivity index (χ0) is 11.4. The van der Waals surface area contributed by atoms with Crippen LogP contribution in [0.15, 0.2) is 0 Å². The van der Waals surface area contributed by atoms with Crippen molar-refractivity contribution in [2.24, 2.45) is 11.7 Å². The lowest BCUT2D eigenvalue weighted by Crippen LogP contribution is -2.33.